The Morgan fingerprint density at radius 2 is 2.04 bits per heavy atom. The van der Waals surface area contributed by atoms with E-state index in [1.165, 1.54) is 43.4 Å². The molecule has 6 nitrogen and oxygen atoms in total. The van der Waals surface area contributed by atoms with Crippen molar-refractivity contribution in [3.05, 3.63) is 26.6 Å². The molecule has 0 aromatic carbocycles. The largest absolute Gasteiger partial charge is 0.309 e. The minimum absolute atomic E-state index is 0.0318. The number of hydrazone groups is 1. The van der Waals surface area contributed by atoms with Crippen LogP contribution in [0.4, 0.5) is 0 Å². The number of thiophene rings is 1. The number of carbonyl (C=O) groups is 1. The molecule has 2 aliphatic rings. The van der Waals surface area contributed by atoms with E-state index in [-0.39, 0.29) is 17.9 Å². The van der Waals surface area contributed by atoms with Gasteiger partial charge in [0.1, 0.15) is 10.7 Å². The summed E-state index contributed by atoms with van der Waals surface area (Å²) in [6.07, 6.45) is 8.56. The predicted molar refractivity (Wildman–Crippen MR) is 108 cm³/mol. The van der Waals surface area contributed by atoms with E-state index in [1.54, 1.807) is 0 Å². The number of nitrogens with zero attached hydrogens (tertiary/aromatic N) is 2. The summed E-state index contributed by atoms with van der Waals surface area (Å²) in [7, 11) is 0. The number of H-pyrrole nitrogens is 1. The highest BCUT2D eigenvalue weighted by Gasteiger charge is 2.30. The molecule has 0 aliphatic heterocycles. The minimum atomic E-state index is -0.235. The van der Waals surface area contributed by atoms with Gasteiger partial charge in [-0.15, -0.1) is 11.3 Å². The van der Waals surface area contributed by atoms with Gasteiger partial charge in [-0.05, 0) is 56.9 Å². The average Bonchev–Trinajstić information content (AvgIpc) is 2.94. The lowest BCUT2D eigenvalue weighted by Crippen LogP contribution is -2.30. The number of carbonyl (C=O) groups excluding carboxylic acids is 1. The van der Waals surface area contributed by atoms with Crippen LogP contribution in [0.15, 0.2) is 9.90 Å². The van der Waals surface area contributed by atoms with Gasteiger partial charge in [0.15, 0.2) is 0 Å². The zero-order valence-corrected chi connectivity index (χ0v) is 16.7. The fraction of sp³-hybridized carbons (Fsp3) is 0.600. The second-order valence-electron chi connectivity index (χ2n) is 7.91. The lowest BCUT2D eigenvalue weighted by molar-refractivity contribution is -0.120. The second kappa shape index (κ2) is 7.54. The summed E-state index contributed by atoms with van der Waals surface area (Å²) in [5, 5.41) is 5.00. The van der Waals surface area contributed by atoms with Crippen LogP contribution in [0.1, 0.15) is 61.2 Å². The average molecular weight is 387 g/mol. The van der Waals surface area contributed by atoms with E-state index in [0.29, 0.717) is 16.0 Å². The van der Waals surface area contributed by atoms with Crippen molar-refractivity contribution in [2.45, 2.75) is 65.2 Å². The van der Waals surface area contributed by atoms with E-state index >= 15 is 0 Å². The van der Waals surface area contributed by atoms with Gasteiger partial charge in [0.25, 0.3) is 5.56 Å². The lowest BCUT2D eigenvalue weighted by atomic mass is 9.70. The molecule has 0 spiro atoms. The molecule has 0 radical (unpaired) electrons. The van der Waals surface area contributed by atoms with Gasteiger partial charge in [0, 0.05) is 10.6 Å². The summed E-state index contributed by atoms with van der Waals surface area (Å²) in [5.74, 6) is 1.75. The quantitative estimate of drug-likeness (QED) is 0.790. The molecule has 0 saturated heterocycles. The Labute approximate surface area is 162 Å². The van der Waals surface area contributed by atoms with E-state index in [2.05, 4.69) is 20.5 Å². The number of aryl methyl sites for hydroxylation is 2. The van der Waals surface area contributed by atoms with E-state index in [9.17, 15) is 9.59 Å². The third-order valence-electron chi connectivity index (χ3n) is 6.12. The number of nitrogens with one attached hydrogen (secondary N) is 2. The summed E-state index contributed by atoms with van der Waals surface area (Å²) in [6, 6.07) is 0. The molecule has 4 rings (SSSR count). The van der Waals surface area contributed by atoms with Crippen molar-refractivity contribution in [2.75, 3.05) is 0 Å². The molecule has 27 heavy (non-hydrogen) atoms. The molecule has 144 valence electrons. The van der Waals surface area contributed by atoms with Gasteiger partial charge in [0.2, 0.25) is 5.91 Å². The molecule has 2 aromatic rings. The van der Waals surface area contributed by atoms with Gasteiger partial charge < -0.3 is 4.98 Å². The molecule has 1 amide bonds. The van der Waals surface area contributed by atoms with Crippen molar-refractivity contribution in [3.63, 3.8) is 0 Å². The number of hydrogen-bond donors (Lipinski definition) is 2. The highest BCUT2D eigenvalue weighted by molar-refractivity contribution is 7.18. The van der Waals surface area contributed by atoms with E-state index in [4.69, 9.17) is 0 Å². The number of rotatable bonds is 3. The Balaban J connectivity index is 1.41. The van der Waals surface area contributed by atoms with Gasteiger partial charge in [-0.2, -0.15) is 5.10 Å². The number of aromatic amines is 1. The van der Waals surface area contributed by atoms with Crippen LogP contribution in [0.2, 0.25) is 0 Å². The Morgan fingerprint density at radius 3 is 2.85 bits per heavy atom. The van der Waals surface area contributed by atoms with E-state index < -0.39 is 0 Å². The van der Waals surface area contributed by atoms with Gasteiger partial charge in [-0.3, -0.25) is 9.59 Å². The summed E-state index contributed by atoms with van der Waals surface area (Å²) >= 11 is 1.49. The molecule has 7 heteroatoms. The molecule has 2 heterocycles. The number of amides is 1. The van der Waals surface area contributed by atoms with Crippen molar-refractivity contribution in [1.82, 2.24) is 15.4 Å². The van der Waals surface area contributed by atoms with Crippen molar-refractivity contribution < 1.29 is 4.79 Å². The Morgan fingerprint density at radius 1 is 1.26 bits per heavy atom. The van der Waals surface area contributed by atoms with Gasteiger partial charge in [-0.25, -0.2) is 10.4 Å². The van der Waals surface area contributed by atoms with Crippen LogP contribution in [0, 0.1) is 25.7 Å². The highest BCUT2D eigenvalue weighted by Crippen LogP contribution is 2.39. The van der Waals surface area contributed by atoms with Crippen molar-refractivity contribution in [3.8, 4) is 0 Å². The highest BCUT2D eigenvalue weighted by atomic mass is 32.1. The minimum Gasteiger partial charge on any atom is -0.309 e. The maximum absolute atomic E-state index is 12.3. The fourth-order valence-electron chi connectivity index (χ4n) is 4.51. The molecule has 2 aromatic heterocycles. The van der Waals surface area contributed by atoms with Crippen molar-refractivity contribution in [1.29, 1.82) is 0 Å². The SMILES string of the molecule is Cc1sc2nc(CC(=O)N/N=C3\CC[C@H]4CCCC[C@@H]4C3)[nH]c(=O)c2c1C. The van der Waals surface area contributed by atoms with Crippen LogP contribution in [-0.4, -0.2) is 21.6 Å². The molecule has 0 unspecified atom stereocenters. The van der Waals surface area contributed by atoms with Crippen LogP contribution in [0.3, 0.4) is 0 Å². The van der Waals surface area contributed by atoms with Gasteiger partial charge >= 0.3 is 0 Å². The van der Waals surface area contributed by atoms with Crippen LogP contribution in [0.25, 0.3) is 10.2 Å². The van der Waals surface area contributed by atoms with E-state index in [1.807, 2.05) is 13.8 Å². The second-order valence-corrected chi connectivity index (χ2v) is 9.12. The van der Waals surface area contributed by atoms with Crippen LogP contribution in [0.5, 0.6) is 0 Å². The first kappa shape index (κ1) is 18.3. The fourth-order valence-corrected chi connectivity index (χ4v) is 5.56. The maximum Gasteiger partial charge on any atom is 0.259 e. The number of aromatic nitrogens is 2. The smallest absolute Gasteiger partial charge is 0.259 e. The van der Waals surface area contributed by atoms with Crippen molar-refractivity contribution in [2.24, 2.45) is 16.9 Å². The van der Waals surface area contributed by atoms with Crippen LogP contribution >= 0.6 is 11.3 Å². The van der Waals surface area contributed by atoms with E-state index in [0.717, 1.165) is 40.8 Å². The molecular weight excluding hydrogens is 360 g/mol. The molecule has 2 fully saturated rings. The topological polar surface area (TPSA) is 87.2 Å². The summed E-state index contributed by atoms with van der Waals surface area (Å²) in [4.78, 5) is 33.6. The van der Waals surface area contributed by atoms with Crippen LogP contribution < -0.4 is 11.0 Å². The van der Waals surface area contributed by atoms with Crippen LogP contribution in [-0.2, 0) is 11.2 Å². The zero-order chi connectivity index (χ0) is 19.0. The third kappa shape index (κ3) is 3.83. The molecule has 2 aliphatic carbocycles. The molecular formula is C20H26N4O2S. The predicted octanol–water partition coefficient (Wildman–Crippen LogP) is 3.61. The van der Waals surface area contributed by atoms with Gasteiger partial charge in [0.05, 0.1) is 11.8 Å². The molecule has 0 bridgehead atoms. The standard InChI is InChI=1S/C20H26N4O2S/c1-11-12(2)27-20-18(11)19(26)21-16(22-20)10-17(25)24-23-15-8-7-13-5-3-4-6-14(13)9-15/h13-14H,3-10H2,1-2H3,(H,24,25)(H,21,22,26)/b23-15+/t13-,14-/m1/s1. The number of hydrogen-bond acceptors (Lipinski definition) is 5. The number of fused-ring (bicyclic) bond motifs is 2. The molecule has 2 saturated carbocycles. The Hall–Kier alpha value is -2.02. The summed E-state index contributed by atoms with van der Waals surface area (Å²) < 4.78 is 0. The Bertz CT molecular complexity index is 959. The first-order valence-corrected chi connectivity index (χ1v) is 10.7. The Kier molecular flexibility index (Phi) is 5.12. The molecule has 2 atom stereocenters. The summed E-state index contributed by atoms with van der Waals surface area (Å²) in [6.45, 7) is 3.90. The third-order valence-corrected chi connectivity index (χ3v) is 7.22. The maximum atomic E-state index is 12.3. The van der Waals surface area contributed by atoms with Gasteiger partial charge in [-0.1, -0.05) is 19.3 Å². The molecule has 2 N–H and O–H groups in total. The lowest BCUT2D eigenvalue weighted by Gasteiger charge is -2.35. The normalized spacial score (nSPS) is 24.1. The zero-order valence-electron chi connectivity index (χ0n) is 15.9. The van der Waals surface area contributed by atoms with Crippen molar-refractivity contribution >= 4 is 33.2 Å². The summed E-state index contributed by atoms with van der Waals surface area (Å²) in [5.41, 5.74) is 4.56. The first-order chi connectivity index (χ1) is 13.0. The first-order valence-electron chi connectivity index (χ1n) is 9.84. The monoisotopic (exact) mass is 386 g/mol.